The number of hydrogen-bond acceptors (Lipinski definition) is 13. The Labute approximate surface area is 409 Å². The standard InChI is InChI=1S/C17H28O2.C16H26O3.C10H15F3O4.C10H16O4/c1-5-16(2,3)15(18)19-17(4)13-7-11-6-12(9-13)10-14(17)8-11;1-4-14(2,3)13(17)19-16-8-11-5-12(9-16)7-15(18,6-11)10-16;1-4-9(2,3)8(15)16-5-7(14)17-6-10(11,12)13;1-4-10(2,3)9(12)14-7-5-6-13-8(7)11/h11-14H,5-10H2,1-4H3;11-12,18H,4-10H2,1-3H3;4-6H2,1-3H3;7H,4-6H2,1-3H3. The van der Waals surface area contributed by atoms with Crippen LogP contribution in [0.15, 0.2) is 0 Å². The number of aliphatic hydroxyl groups is 1. The van der Waals surface area contributed by atoms with Gasteiger partial charge in [-0.25, -0.2) is 9.59 Å². The number of ether oxygens (including phenoxy) is 6. The van der Waals surface area contributed by atoms with Crippen molar-refractivity contribution in [1.29, 1.82) is 0 Å². The fraction of sp³-hybridized carbons (Fsp3) is 0.887. The molecule has 0 aromatic heterocycles. The van der Waals surface area contributed by atoms with Crippen molar-refractivity contribution in [3.63, 3.8) is 0 Å². The molecule has 69 heavy (non-hydrogen) atoms. The van der Waals surface area contributed by atoms with Gasteiger partial charge in [-0.1, -0.05) is 27.7 Å². The maximum absolute atomic E-state index is 12.5. The molecule has 13 nitrogen and oxygen atoms in total. The number of cyclic esters (lactones) is 1. The molecule has 16 heteroatoms. The molecule has 396 valence electrons. The summed E-state index contributed by atoms with van der Waals surface area (Å²) in [5.74, 6) is 1.53. The van der Waals surface area contributed by atoms with Gasteiger partial charge in [-0.05, 0) is 188 Å². The van der Waals surface area contributed by atoms with Crippen LogP contribution in [0.2, 0.25) is 0 Å². The molecule has 0 radical (unpaired) electrons. The van der Waals surface area contributed by atoms with Gasteiger partial charge >= 0.3 is 42.0 Å². The first-order chi connectivity index (χ1) is 31.7. The third kappa shape index (κ3) is 15.1. The van der Waals surface area contributed by atoms with Crippen LogP contribution in [-0.4, -0.2) is 89.8 Å². The van der Waals surface area contributed by atoms with Crippen molar-refractivity contribution in [3.8, 4) is 0 Å². The Kier molecular flexibility index (Phi) is 18.7. The van der Waals surface area contributed by atoms with Crippen LogP contribution in [0.4, 0.5) is 13.2 Å². The van der Waals surface area contributed by atoms with Crippen LogP contribution in [0.1, 0.15) is 193 Å². The zero-order chi connectivity index (χ0) is 52.2. The molecular weight excluding hydrogens is 902 g/mol. The second-order valence-corrected chi connectivity index (χ2v) is 24.3. The fourth-order valence-corrected chi connectivity index (χ4v) is 11.2. The first kappa shape index (κ1) is 58.1. The quantitative estimate of drug-likeness (QED) is 0.129. The average molecular weight is 987 g/mol. The number of rotatable bonds is 14. The van der Waals surface area contributed by atoms with Crippen LogP contribution < -0.4 is 0 Å². The van der Waals surface area contributed by atoms with Gasteiger partial charge in [0.05, 0.1) is 33.9 Å². The Morgan fingerprint density at radius 2 is 1.06 bits per heavy atom. The molecule has 0 spiro atoms. The lowest BCUT2D eigenvalue weighted by molar-refractivity contribution is -0.225. The fourth-order valence-electron chi connectivity index (χ4n) is 11.2. The van der Waals surface area contributed by atoms with Gasteiger partial charge in [0.25, 0.3) is 0 Å². The molecule has 9 aliphatic rings. The van der Waals surface area contributed by atoms with Gasteiger partial charge in [0.15, 0.2) is 13.2 Å². The van der Waals surface area contributed by atoms with E-state index in [-0.39, 0.29) is 34.5 Å². The normalized spacial score (nSPS) is 31.9. The SMILES string of the molecule is CCC(C)(C)C(=O)OC1(C)C2CC3CC(C2)CC1C3.CCC(C)(C)C(=O)OC12CC3CC(CC(O)(C3)C1)C2.CCC(C)(C)C(=O)OC1CCOC1=O.CCC(C)(C)C(=O)OCC(=O)OCC(F)(F)F. The van der Waals surface area contributed by atoms with E-state index in [1.54, 1.807) is 34.6 Å². The number of carbonyl (C=O) groups is 6. The molecule has 1 heterocycles. The predicted octanol–water partition coefficient (Wildman–Crippen LogP) is 10.6. The minimum Gasteiger partial charge on any atom is -0.463 e. The Balaban J connectivity index is 0.000000202. The molecule has 3 unspecified atom stereocenters. The molecule has 0 aromatic carbocycles. The molecule has 1 N–H and O–H groups in total. The summed E-state index contributed by atoms with van der Waals surface area (Å²) in [5.41, 5.74) is -3.13. The summed E-state index contributed by atoms with van der Waals surface area (Å²) in [6.45, 7) is 22.6. The van der Waals surface area contributed by atoms with Crippen molar-refractivity contribution in [2.75, 3.05) is 19.8 Å². The highest BCUT2D eigenvalue weighted by Gasteiger charge is 2.60. The van der Waals surface area contributed by atoms with E-state index >= 15 is 0 Å². The van der Waals surface area contributed by atoms with E-state index < -0.39 is 65.2 Å². The van der Waals surface area contributed by atoms with Crippen LogP contribution in [0.5, 0.6) is 0 Å². The van der Waals surface area contributed by atoms with Crippen LogP contribution >= 0.6 is 0 Å². The topological polar surface area (TPSA) is 178 Å². The molecule has 1 aliphatic heterocycles. The van der Waals surface area contributed by atoms with Crippen molar-refractivity contribution in [2.45, 2.75) is 222 Å². The van der Waals surface area contributed by atoms with Gasteiger partial charge in [0.1, 0.15) is 11.2 Å². The first-order valence-electron chi connectivity index (χ1n) is 25.6. The monoisotopic (exact) mass is 987 g/mol. The Morgan fingerprint density at radius 3 is 1.48 bits per heavy atom. The van der Waals surface area contributed by atoms with Crippen molar-refractivity contribution >= 4 is 35.8 Å². The molecule has 3 atom stereocenters. The smallest absolute Gasteiger partial charge is 0.422 e. The van der Waals surface area contributed by atoms with E-state index in [2.05, 4.69) is 23.3 Å². The second-order valence-electron chi connectivity index (χ2n) is 24.3. The van der Waals surface area contributed by atoms with Gasteiger partial charge in [-0.3, -0.25) is 19.2 Å². The van der Waals surface area contributed by atoms with Crippen molar-refractivity contribution in [2.24, 2.45) is 57.2 Å². The van der Waals surface area contributed by atoms with E-state index in [4.69, 9.17) is 18.9 Å². The second kappa shape index (κ2) is 22.1. The largest absolute Gasteiger partial charge is 0.463 e. The maximum Gasteiger partial charge on any atom is 0.422 e. The summed E-state index contributed by atoms with van der Waals surface area (Å²) in [5, 5.41) is 10.6. The lowest BCUT2D eigenvalue weighted by atomic mass is 9.50. The van der Waals surface area contributed by atoms with Crippen molar-refractivity contribution in [1.82, 2.24) is 0 Å². The van der Waals surface area contributed by atoms with Crippen LogP contribution in [0.3, 0.4) is 0 Å². The van der Waals surface area contributed by atoms with Gasteiger partial charge in [0, 0.05) is 12.8 Å². The van der Waals surface area contributed by atoms with E-state index in [9.17, 15) is 47.0 Å². The van der Waals surface area contributed by atoms with Crippen LogP contribution in [0, 0.1) is 57.2 Å². The molecule has 0 amide bonds. The molecule has 8 aliphatic carbocycles. The summed E-state index contributed by atoms with van der Waals surface area (Å²) >= 11 is 0. The lowest BCUT2D eigenvalue weighted by Crippen LogP contribution is -2.61. The Hall–Kier alpha value is -3.43. The highest BCUT2D eigenvalue weighted by molar-refractivity contribution is 5.83. The third-order valence-corrected chi connectivity index (χ3v) is 17.0. The number of esters is 6. The third-order valence-electron chi connectivity index (χ3n) is 17.0. The highest BCUT2D eigenvalue weighted by atomic mass is 19.4. The Bertz CT molecular complexity index is 1790. The molecule has 0 aromatic rings. The molecular formula is C53H85F3O13. The van der Waals surface area contributed by atoms with Crippen molar-refractivity contribution < 1.29 is 75.5 Å². The van der Waals surface area contributed by atoms with E-state index in [0.29, 0.717) is 56.0 Å². The number of hydrogen-bond donors (Lipinski definition) is 1. The average Bonchev–Trinajstić information content (AvgIpc) is 3.66. The first-order valence-corrected chi connectivity index (χ1v) is 25.6. The van der Waals surface area contributed by atoms with Crippen LogP contribution in [-0.2, 0) is 57.2 Å². The van der Waals surface area contributed by atoms with Gasteiger partial charge < -0.3 is 33.5 Å². The zero-order valence-electron chi connectivity index (χ0n) is 44.0. The highest BCUT2D eigenvalue weighted by Crippen LogP contribution is 2.61. The van der Waals surface area contributed by atoms with Crippen molar-refractivity contribution in [3.05, 3.63) is 0 Å². The number of carbonyl (C=O) groups excluding carboxylic acids is 6. The summed E-state index contributed by atoms with van der Waals surface area (Å²) < 4.78 is 65.3. The maximum atomic E-state index is 12.5. The molecule has 9 fully saturated rings. The molecule has 8 bridgehead atoms. The number of halogens is 3. The zero-order valence-corrected chi connectivity index (χ0v) is 44.0. The van der Waals surface area contributed by atoms with Crippen LogP contribution in [0.25, 0.3) is 0 Å². The van der Waals surface area contributed by atoms with Gasteiger partial charge in [0.2, 0.25) is 6.10 Å². The number of alkyl halides is 3. The van der Waals surface area contributed by atoms with E-state index in [0.717, 1.165) is 50.4 Å². The lowest BCUT2D eigenvalue weighted by Gasteiger charge is -2.59. The minimum atomic E-state index is -4.58. The molecule has 8 saturated carbocycles. The molecule has 9 rings (SSSR count). The summed E-state index contributed by atoms with van der Waals surface area (Å²) in [4.78, 5) is 69.6. The minimum absolute atomic E-state index is 0.0185. The van der Waals surface area contributed by atoms with Gasteiger partial charge in [-0.15, -0.1) is 0 Å². The summed E-state index contributed by atoms with van der Waals surface area (Å²) in [6, 6.07) is 0. The van der Waals surface area contributed by atoms with Gasteiger partial charge in [-0.2, -0.15) is 13.2 Å². The Morgan fingerprint density at radius 1 is 0.623 bits per heavy atom. The molecule has 1 saturated heterocycles. The summed E-state index contributed by atoms with van der Waals surface area (Å²) in [7, 11) is 0. The predicted molar refractivity (Wildman–Crippen MR) is 250 cm³/mol. The summed E-state index contributed by atoms with van der Waals surface area (Å²) in [6.07, 6.45) is 10.3. The van der Waals surface area contributed by atoms with E-state index in [1.807, 2.05) is 41.5 Å². The van der Waals surface area contributed by atoms with E-state index in [1.165, 1.54) is 38.5 Å².